The topological polar surface area (TPSA) is 76.6 Å². The number of rotatable bonds is 11. The molecule has 184 valence electrons. The fraction of sp³-hybridized carbons (Fsp3) is 0.696. The van der Waals surface area contributed by atoms with Gasteiger partial charge in [0, 0.05) is 50.9 Å². The summed E-state index contributed by atoms with van der Waals surface area (Å²) in [6.07, 6.45) is 2.32. The largest absolute Gasteiger partial charge is 0.496 e. The van der Waals surface area contributed by atoms with Crippen LogP contribution in [0, 0.1) is 5.92 Å². The molecule has 0 radical (unpaired) electrons. The van der Waals surface area contributed by atoms with Crippen LogP contribution in [0.1, 0.15) is 32.3 Å². The molecule has 8 nitrogen and oxygen atoms in total. The number of halogens is 1. The van der Waals surface area contributed by atoms with Gasteiger partial charge in [0.15, 0.2) is 17.5 Å². The van der Waals surface area contributed by atoms with Crippen LogP contribution in [0.2, 0.25) is 0 Å². The molecule has 1 heterocycles. The van der Waals surface area contributed by atoms with Gasteiger partial charge in [-0.15, -0.1) is 24.0 Å². The first-order valence-corrected chi connectivity index (χ1v) is 11.2. The van der Waals surface area contributed by atoms with E-state index in [0.29, 0.717) is 30.0 Å². The van der Waals surface area contributed by atoms with Crippen LogP contribution in [0.15, 0.2) is 17.1 Å². The lowest BCUT2D eigenvalue weighted by Gasteiger charge is -2.39. The van der Waals surface area contributed by atoms with Crippen molar-refractivity contribution in [3.63, 3.8) is 0 Å². The molecule has 2 rings (SSSR count). The Bertz CT molecular complexity index is 695. The Morgan fingerprint density at radius 3 is 2.12 bits per heavy atom. The van der Waals surface area contributed by atoms with Gasteiger partial charge in [0.2, 0.25) is 0 Å². The van der Waals surface area contributed by atoms with Crippen LogP contribution < -0.4 is 24.8 Å². The first-order valence-electron chi connectivity index (χ1n) is 11.2. The Kier molecular flexibility index (Phi) is 13.7. The molecule has 1 aliphatic rings. The second kappa shape index (κ2) is 15.4. The van der Waals surface area contributed by atoms with E-state index in [2.05, 4.69) is 34.4 Å². The summed E-state index contributed by atoms with van der Waals surface area (Å²) in [5.74, 6) is 3.45. The molecular weight excluding hydrogens is 523 g/mol. The second-order valence-corrected chi connectivity index (χ2v) is 7.62. The van der Waals surface area contributed by atoms with Crippen molar-refractivity contribution in [1.82, 2.24) is 15.5 Å². The minimum absolute atomic E-state index is 0. The van der Waals surface area contributed by atoms with Crippen molar-refractivity contribution in [1.29, 1.82) is 0 Å². The molecule has 1 aromatic rings. The highest BCUT2D eigenvalue weighted by Gasteiger charge is 2.27. The van der Waals surface area contributed by atoms with Crippen molar-refractivity contribution in [3.05, 3.63) is 17.7 Å². The normalized spacial score (nSPS) is 15.7. The Morgan fingerprint density at radius 2 is 1.59 bits per heavy atom. The SMILES string of the molecule is CCC(CC)C(CNC(=NC)NCc1cc(OC)c(OC)cc1OC)N1CCOCC1.I. The monoisotopic (exact) mass is 564 g/mol. The summed E-state index contributed by atoms with van der Waals surface area (Å²) in [5, 5.41) is 6.94. The molecule has 32 heavy (non-hydrogen) atoms. The quantitative estimate of drug-likeness (QED) is 0.243. The minimum atomic E-state index is 0. The van der Waals surface area contributed by atoms with Gasteiger partial charge in [-0.25, -0.2) is 0 Å². The van der Waals surface area contributed by atoms with E-state index in [1.807, 2.05) is 12.1 Å². The van der Waals surface area contributed by atoms with E-state index < -0.39 is 0 Å². The summed E-state index contributed by atoms with van der Waals surface area (Å²) >= 11 is 0. The number of guanidine groups is 1. The first kappa shape index (κ1) is 28.6. The third kappa shape index (κ3) is 7.84. The summed E-state index contributed by atoms with van der Waals surface area (Å²) in [5.41, 5.74) is 0.966. The predicted octanol–water partition coefficient (Wildman–Crippen LogP) is 3.13. The number of nitrogens with zero attached hydrogens (tertiary/aromatic N) is 2. The van der Waals surface area contributed by atoms with Gasteiger partial charge in [0.25, 0.3) is 0 Å². The number of hydrogen-bond acceptors (Lipinski definition) is 6. The molecule has 0 aromatic heterocycles. The van der Waals surface area contributed by atoms with Crippen molar-refractivity contribution in [3.8, 4) is 17.2 Å². The van der Waals surface area contributed by atoms with E-state index in [0.717, 1.165) is 63.0 Å². The molecular formula is C23H41IN4O4. The molecule has 9 heteroatoms. The fourth-order valence-electron chi connectivity index (χ4n) is 4.17. The molecule has 1 aromatic carbocycles. The Labute approximate surface area is 210 Å². The van der Waals surface area contributed by atoms with Gasteiger partial charge in [0.05, 0.1) is 34.5 Å². The standard InChI is InChI=1S/C23H40N4O4.HI/c1-7-17(8-2)19(27-9-11-31-12-10-27)16-26-23(24-3)25-15-18-13-21(29-5)22(30-6)14-20(18)28-4;/h13-14,17,19H,7-12,15-16H2,1-6H3,(H2,24,25,26);1H. The Hall–Kier alpha value is -1.46. The average Bonchev–Trinajstić information content (AvgIpc) is 2.83. The van der Waals surface area contributed by atoms with Crippen LogP contribution in [0.4, 0.5) is 0 Å². The molecule has 1 saturated heterocycles. The lowest BCUT2D eigenvalue weighted by Crippen LogP contribution is -2.53. The number of benzene rings is 1. The molecule has 0 amide bonds. The zero-order valence-corrected chi connectivity index (χ0v) is 22.7. The van der Waals surface area contributed by atoms with Gasteiger partial charge < -0.3 is 29.6 Å². The van der Waals surface area contributed by atoms with Crippen molar-refractivity contribution < 1.29 is 18.9 Å². The van der Waals surface area contributed by atoms with Crippen molar-refractivity contribution >= 4 is 29.9 Å². The zero-order valence-electron chi connectivity index (χ0n) is 20.4. The molecule has 0 saturated carbocycles. The molecule has 1 unspecified atom stereocenters. The Morgan fingerprint density at radius 1 is 1.00 bits per heavy atom. The van der Waals surface area contributed by atoms with E-state index in [9.17, 15) is 0 Å². The third-order valence-electron chi connectivity index (χ3n) is 6.04. The predicted molar refractivity (Wildman–Crippen MR) is 140 cm³/mol. The number of methoxy groups -OCH3 is 3. The number of ether oxygens (including phenoxy) is 4. The van der Waals surface area contributed by atoms with Crippen LogP contribution in [0.3, 0.4) is 0 Å². The van der Waals surface area contributed by atoms with E-state index >= 15 is 0 Å². The molecule has 1 aliphatic heterocycles. The number of nitrogens with one attached hydrogen (secondary N) is 2. The highest BCUT2D eigenvalue weighted by molar-refractivity contribution is 14.0. The highest BCUT2D eigenvalue weighted by Crippen LogP contribution is 2.34. The maximum Gasteiger partial charge on any atom is 0.191 e. The van der Waals surface area contributed by atoms with Gasteiger partial charge in [-0.1, -0.05) is 26.7 Å². The minimum Gasteiger partial charge on any atom is -0.496 e. The van der Waals surface area contributed by atoms with Crippen molar-refractivity contribution in [2.45, 2.75) is 39.3 Å². The maximum atomic E-state index is 5.56. The average molecular weight is 565 g/mol. The van der Waals surface area contributed by atoms with Crippen molar-refractivity contribution in [2.75, 3.05) is 61.2 Å². The van der Waals surface area contributed by atoms with E-state index in [1.165, 1.54) is 0 Å². The Balaban J connectivity index is 0.00000512. The highest BCUT2D eigenvalue weighted by atomic mass is 127. The fourth-order valence-corrected chi connectivity index (χ4v) is 4.17. The van der Waals surface area contributed by atoms with Crippen molar-refractivity contribution in [2.24, 2.45) is 10.9 Å². The molecule has 1 atom stereocenters. The molecule has 0 aliphatic carbocycles. The first-order chi connectivity index (χ1) is 15.1. The van der Waals surface area contributed by atoms with Crippen LogP contribution in [0.5, 0.6) is 17.2 Å². The van der Waals surface area contributed by atoms with E-state index in [4.69, 9.17) is 18.9 Å². The number of hydrogen-bond donors (Lipinski definition) is 2. The van der Waals surface area contributed by atoms with Gasteiger partial charge >= 0.3 is 0 Å². The molecule has 2 N–H and O–H groups in total. The lowest BCUT2D eigenvalue weighted by molar-refractivity contribution is 0.00272. The maximum absolute atomic E-state index is 5.56. The second-order valence-electron chi connectivity index (χ2n) is 7.62. The molecule has 0 bridgehead atoms. The van der Waals surface area contributed by atoms with Crippen LogP contribution >= 0.6 is 24.0 Å². The van der Waals surface area contributed by atoms with Gasteiger partial charge in [0.1, 0.15) is 5.75 Å². The van der Waals surface area contributed by atoms with Gasteiger partial charge in [-0.05, 0) is 12.0 Å². The third-order valence-corrected chi connectivity index (χ3v) is 6.04. The van der Waals surface area contributed by atoms with Gasteiger partial charge in [-0.3, -0.25) is 9.89 Å². The number of aliphatic imine (C=N–C) groups is 1. The van der Waals surface area contributed by atoms with Crippen LogP contribution in [-0.2, 0) is 11.3 Å². The smallest absolute Gasteiger partial charge is 0.191 e. The summed E-state index contributed by atoms with van der Waals surface area (Å²) in [6, 6.07) is 4.22. The summed E-state index contributed by atoms with van der Waals surface area (Å²) in [6.45, 7) is 9.53. The number of morpholine rings is 1. The van der Waals surface area contributed by atoms with Crippen LogP contribution in [0.25, 0.3) is 0 Å². The lowest BCUT2D eigenvalue weighted by atomic mass is 9.92. The summed E-state index contributed by atoms with van der Waals surface area (Å²) in [4.78, 5) is 6.97. The summed E-state index contributed by atoms with van der Waals surface area (Å²) in [7, 11) is 6.69. The molecule has 1 fully saturated rings. The van der Waals surface area contributed by atoms with E-state index in [-0.39, 0.29) is 24.0 Å². The zero-order chi connectivity index (χ0) is 22.6. The van der Waals surface area contributed by atoms with Crippen LogP contribution in [-0.4, -0.2) is 78.1 Å². The summed E-state index contributed by atoms with van der Waals surface area (Å²) < 4.78 is 21.9. The molecule has 0 spiro atoms. The van der Waals surface area contributed by atoms with E-state index in [1.54, 1.807) is 28.4 Å². The van der Waals surface area contributed by atoms with Gasteiger partial charge in [-0.2, -0.15) is 0 Å².